The summed E-state index contributed by atoms with van der Waals surface area (Å²) in [6.07, 6.45) is 11.6. The van der Waals surface area contributed by atoms with Crippen molar-refractivity contribution in [3.8, 4) is 0 Å². The van der Waals surface area contributed by atoms with Gasteiger partial charge in [0.2, 0.25) is 0 Å². The molecule has 23 heavy (non-hydrogen) atoms. The van der Waals surface area contributed by atoms with Crippen molar-refractivity contribution < 1.29 is 19.8 Å². The van der Waals surface area contributed by atoms with Crippen LogP contribution in [0, 0.1) is 0 Å². The Balaban J connectivity index is -0.000000124. The van der Waals surface area contributed by atoms with Crippen molar-refractivity contribution in [1.82, 2.24) is 0 Å². The van der Waals surface area contributed by atoms with Crippen molar-refractivity contribution in [1.29, 1.82) is 0 Å². The van der Waals surface area contributed by atoms with E-state index >= 15 is 0 Å². The van der Waals surface area contributed by atoms with E-state index in [-0.39, 0.29) is 13.0 Å². The zero-order valence-electron chi connectivity index (χ0n) is 13.5. The summed E-state index contributed by atoms with van der Waals surface area (Å²) < 4.78 is 0.250. The molecule has 0 spiro atoms. The Kier molecular flexibility index (Phi) is 42.6. The molecule has 3 nitrogen and oxygen atoms in total. The van der Waals surface area contributed by atoms with E-state index < -0.39 is 0 Å². The van der Waals surface area contributed by atoms with E-state index in [0.29, 0.717) is 0 Å². The van der Waals surface area contributed by atoms with Gasteiger partial charge in [-0.15, -0.1) is 0 Å². The zero-order valence-corrected chi connectivity index (χ0v) is 20.4. The van der Waals surface area contributed by atoms with Gasteiger partial charge in [0.15, 0.2) is 0 Å². The Labute approximate surface area is 186 Å². The minimum atomic E-state index is 0.0833. The van der Waals surface area contributed by atoms with Crippen LogP contribution in [0.15, 0.2) is 0 Å². The van der Waals surface area contributed by atoms with Crippen molar-refractivity contribution in [2.24, 2.45) is 17.2 Å². The first-order valence-electron chi connectivity index (χ1n) is 7.09. The van der Waals surface area contributed by atoms with Crippen molar-refractivity contribution in [3.63, 3.8) is 0 Å². The molecule has 0 amide bonds. The van der Waals surface area contributed by atoms with Crippen molar-refractivity contribution in [3.05, 3.63) is 0 Å². The normalized spacial score (nSPS) is 8.00. The van der Waals surface area contributed by atoms with E-state index in [2.05, 4.69) is 118 Å². The Hall–Kier alpha value is 1.02. The molecular weight excluding hydrogens is 487 g/mol. The van der Waals surface area contributed by atoms with Gasteiger partial charge in [-0.2, -0.15) is 0 Å². The van der Waals surface area contributed by atoms with Gasteiger partial charge >= 0.3 is 82.9 Å². The van der Waals surface area contributed by atoms with Gasteiger partial charge in [0.25, 0.3) is 0 Å². The summed E-state index contributed by atoms with van der Waals surface area (Å²) in [5.41, 5.74) is 14.0. The van der Waals surface area contributed by atoms with E-state index in [4.69, 9.17) is 0 Å². The van der Waals surface area contributed by atoms with Crippen LogP contribution >= 0.6 is 36.7 Å². The maximum Gasteiger partial charge on any atom is -0.0708 e. The third-order valence-corrected chi connectivity index (χ3v) is 2.71. The minimum Gasteiger partial charge on any atom is -0.415 e. The van der Waals surface area contributed by atoms with Crippen molar-refractivity contribution >= 4 is 87.5 Å². The molecule has 0 radical (unpaired) electrons. The summed E-state index contributed by atoms with van der Waals surface area (Å²) >= 11 is 27.0. The molecule has 0 aromatic heterocycles. The molecule has 0 aromatic rings. The van der Waals surface area contributed by atoms with Crippen LogP contribution in [0.4, 0.5) is 0 Å². The molecule has 0 aromatic carbocycles. The second-order valence-corrected chi connectivity index (χ2v) is 8.55. The van der Waals surface area contributed by atoms with Gasteiger partial charge in [-0.05, 0) is 0 Å². The van der Waals surface area contributed by atoms with Gasteiger partial charge in [-0.3, -0.25) is 0 Å². The molecule has 0 saturated heterocycles. The number of hydrogen-bond donors (Lipinski definition) is 3. The molecule has 0 unspecified atom stereocenters. The molecule has 0 aliphatic rings. The number of nitrogens with two attached hydrogens (primary N) is 3. The number of rotatable bonds is 8. The van der Waals surface area contributed by atoms with Crippen LogP contribution in [0.2, 0.25) is 4.81 Å². The molecule has 0 fully saturated rings. The summed E-state index contributed by atoms with van der Waals surface area (Å²) in [5, 5.41) is 0. The molecule has 0 saturated carbocycles. The van der Waals surface area contributed by atoms with Crippen LogP contribution in [0.3, 0.4) is 0 Å². The number of thiocarbonyl (C=S) groups is 3. The second kappa shape index (κ2) is 30.9. The fourth-order valence-electron chi connectivity index (χ4n) is 1.24. The van der Waals surface area contributed by atoms with Crippen molar-refractivity contribution in [2.45, 2.75) is 63.1 Å². The summed E-state index contributed by atoms with van der Waals surface area (Å²) in [6.45, 7) is 2.28. The predicted molar refractivity (Wildman–Crippen MR) is 120 cm³/mol. The summed E-state index contributed by atoms with van der Waals surface area (Å²) in [6, 6.07) is 0. The van der Waals surface area contributed by atoms with Gasteiger partial charge < -0.3 is 91.7 Å². The molecular formula is C13H27MoN3S6. The predicted octanol–water partition coefficient (Wildman–Crippen LogP) is 3.42. The van der Waals surface area contributed by atoms with Gasteiger partial charge in [0.1, 0.15) is 0 Å². The first kappa shape index (κ1) is 31.8. The molecule has 0 heterocycles. The average Bonchev–Trinajstić information content (AvgIpc) is 2.36. The molecule has 0 aliphatic heterocycles. The minimum absolute atomic E-state index is 0.0833. The molecule has 0 aliphatic carbocycles. The quantitative estimate of drug-likeness (QED) is 0.196. The fourth-order valence-corrected chi connectivity index (χ4v) is 1.74. The molecule has 0 atom stereocenters. The first-order valence-corrected chi connectivity index (χ1v) is 11.0. The van der Waals surface area contributed by atoms with E-state index in [1.54, 1.807) is 0 Å². The van der Waals surface area contributed by atoms with Crippen LogP contribution in [-0.4, -0.2) is 13.0 Å². The Morgan fingerprint density at radius 2 is 0.913 bits per heavy atom. The van der Waals surface area contributed by atoms with E-state index in [1.807, 2.05) is 0 Å². The number of hydrogen-bond acceptors (Lipinski definition) is 6. The third-order valence-electron chi connectivity index (χ3n) is 2.00. The van der Waals surface area contributed by atoms with E-state index in [1.165, 1.54) is 56.2 Å². The van der Waals surface area contributed by atoms with E-state index in [0.717, 1.165) is 0 Å². The first-order chi connectivity index (χ1) is 10.6. The van der Waals surface area contributed by atoms with Gasteiger partial charge in [-0.1, -0.05) is 13.0 Å². The SMILES string of the molecule is CCCCCCCCC[CH2][Mo+3].NC(=S)[S-].NC(=S)[S-].NC(=S)[S-]. The van der Waals surface area contributed by atoms with Crippen LogP contribution in [0.5, 0.6) is 0 Å². The maximum absolute atomic E-state index is 4.66. The Morgan fingerprint density at radius 1 is 0.696 bits per heavy atom. The van der Waals surface area contributed by atoms with Crippen LogP contribution in [0.25, 0.3) is 0 Å². The van der Waals surface area contributed by atoms with Gasteiger partial charge in [0, 0.05) is 0 Å². The van der Waals surface area contributed by atoms with Crippen molar-refractivity contribution in [2.75, 3.05) is 0 Å². The van der Waals surface area contributed by atoms with Gasteiger partial charge in [0.05, 0.1) is 0 Å². The Bertz CT molecular complexity index is 232. The van der Waals surface area contributed by atoms with Crippen LogP contribution < -0.4 is 17.2 Å². The maximum atomic E-state index is 4.66. The standard InChI is InChI=1S/C10H21.3CH3NS2.Mo/c1-3-5-7-9-10-8-6-4-2;3*2-1(3)4;/h1,3-10H2,2H3;3*(H3,2,3,4);/q;;;;+3/p-3. The second-order valence-electron chi connectivity index (χ2n) is 4.14. The zero-order chi connectivity index (χ0) is 19.1. The fraction of sp³-hybridized carbons (Fsp3) is 0.769. The van der Waals surface area contributed by atoms with E-state index in [9.17, 15) is 0 Å². The summed E-state index contributed by atoms with van der Waals surface area (Å²) in [4.78, 5) is 1.38. The molecule has 0 bridgehead atoms. The van der Waals surface area contributed by atoms with Gasteiger partial charge in [-0.25, -0.2) is 0 Å². The largest absolute Gasteiger partial charge is 0.415 e. The molecule has 0 rings (SSSR count). The monoisotopic (exact) mass is 515 g/mol. The number of unbranched alkanes of at least 4 members (excludes halogenated alkanes) is 7. The summed E-state index contributed by atoms with van der Waals surface area (Å²) in [7, 11) is 0. The third kappa shape index (κ3) is 125. The summed E-state index contributed by atoms with van der Waals surface area (Å²) in [5.74, 6) is 0. The Morgan fingerprint density at radius 3 is 1.13 bits per heavy atom. The molecule has 6 N–H and O–H groups in total. The topological polar surface area (TPSA) is 78.1 Å². The van der Waals surface area contributed by atoms with Crippen LogP contribution in [-0.2, 0) is 57.7 Å². The smallest absolute Gasteiger partial charge is 0.0708 e. The molecule has 10 heteroatoms. The average molecular weight is 514 g/mol. The molecule has 136 valence electrons. The van der Waals surface area contributed by atoms with Crippen LogP contribution in [0.1, 0.15) is 58.3 Å².